The molecule has 4 heterocycles. The van der Waals surface area contributed by atoms with Crippen LogP contribution in [0.25, 0.3) is 33.6 Å². The Hall–Kier alpha value is -7.54. The molecule has 14 heteroatoms. The third-order valence-electron chi connectivity index (χ3n) is 11.4. The first kappa shape index (κ1) is 43.7. The zero-order valence-electron chi connectivity index (χ0n) is 36.2. The van der Waals surface area contributed by atoms with Crippen LogP contribution in [-0.2, 0) is 9.59 Å². The SMILES string of the molecule is CCNC(=O)C[C@@H]1N=C(c2ccc(Cl)cc2)c2cc(-c3ccccc3)ccc2-n2c(C)nnc21.Cc1nnc2n1-c1ccc(-c3ccccc3)cc1C(c1ccc(Cl)cc1)=N[C@H]2CC(=O)O. The number of rotatable bonds is 9. The molecule has 2 atom stereocenters. The molecule has 328 valence electrons. The molecule has 0 unspecified atom stereocenters. The molecule has 6 aromatic carbocycles. The summed E-state index contributed by atoms with van der Waals surface area (Å²) in [6.45, 7) is 6.24. The van der Waals surface area contributed by atoms with Crippen LogP contribution in [0.5, 0.6) is 0 Å². The third-order valence-corrected chi connectivity index (χ3v) is 11.9. The molecular formula is C52H43Cl2N9O3. The number of hydrogen-bond acceptors (Lipinski definition) is 8. The van der Waals surface area contributed by atoms with Crippen molar-refractivity contribution in [3.63, 3.8) is 0 Å². The maximum atomic E-state index is 12.6. The zero-order valence-corrected chi connectivity index (χ0v) is 37.7. The lowest BCUT2D eigenvalue weighted by atomic mass is 9.95. The number of amides is 1. The lowest BCUT2D eigenvalue weighted by molar-refractivity contribution is -0.137. The molecule has 0 saturated carbocycles. The van der Waals surface area contributed by atoms with Crippen LogP contribution < -0.4 is 5.32 Å². The molecule has 2 aromatic heterocycles. The number of aromatic nitrogens is 6. The van der Waals surface area contributed by atoms with Gasteiger partial charge in [0.25, 0.3) is 0 Å². The fraction of sp³-hybridized carbons (Fsp3) is 0.154. The Morgan fingerprint density at radius 2 is 0.955 bits per heavy atom. The van der Waals surface area contributed by atoms with Gasteiger partial charge in [-0.05, 0) is 91.6 Å². The van der Waals surface area contributed by atoms with Crippen molar-refractivity contribution in [2.24, 2.45) is 9.98 Å². The van der Waals surface area contributed by atoms with Crippen LogP contribution >= 0.6 is 23.2 Å². The average molecular weight is 913 g/mol. The van der Waals surface area contributed by atoms with Crippen molar-refractivity contribution in [2.45, 2.75) is 45.7 Å². The van der Waals surface area contributed by atoms with Crippen molar-refractivity contribution < 1.29 is 14.7 Å². The molecule has 0 fully saturated rings. The van der Waals surface area contributed by atoms with E-state index in [-0.39, 0.29) is 18.7 Å². The van der Waals surface area contributed by atoms with E-state index in [4.69, 9.17) is 33.2 Å². The van der Waals surface area contributed by atoms with E-state index < -0.39 is 18.1 Å². The standard InChI is InChI=1S/C27H24ClN5O.C25H19ClN4O2/c1-3-29-25(34)16-23-27-32-31-17(2)33(27)24-14-11-20(18-7-5-4-6-8-18)15-22(24)26(30-23)19-9-12-21(28)13-10-19;1-15-28-29-25-21(14-23(31)32)27-24(17-7-10-19(26)11-8-17)20-13-18(9-12-22(20)30(15)25)16-5-3-2-4-6-16/h4-15,23H,3,16H2,1-2H3,(H,29,34);2-13,21H,14H2,1H3,(H,31,32)/t23-;21-/m00/s1. The maximum Gasteiger partial charge on any atom is 0.306 e. The smallest absolute Gasteiger partial charge is 0.306 e. The third kappa shape index (κ3) is 8.93. The Morgan fingerprint density at radius 1 is 0.545 bits per heavy atom. The Morgan fingerprint density at radius 3 is 1.36 bits per heavy atom. The maximum absolute atomic E-state index is 12.6. The van der Waals surface area contributed by atoms with Crippen molar-refractivity contribution in [1.29, 1.82) is 0 Å². The van der Waals surface area contributed by atoms with Gasteiger partial charge in [0.1, 0.15) is 23.7 Å². The fourth-order valence-electron chi connectivity index (χ4n) is 8.37. The van der Waals surface area contributed by atoms with E-state index in [9.17, 15) is 14.7 Å². The quantitative estimate of drug-likeness (QED) is 0.146. The molecule has 2 aliphatic heterocycles. The van der Waals surface area contributed by atoms with Gasteiger partial charge in [0.05, 0.1) is 35.6 Å². The summed E-state index contributed by atoms with van der Waals surface area (Å²) in [5.74, 6) is 1.57. The number of carbonyl (C=O) groups is 2. The van der Waals surface area contributed by atoms with Crippen molar-refractivity contribution in [3.8, 4) is 33.6 Å². The highest BCUT2D eigenvalue weighted by Gasteiger charge is 2.32. The number of fused-ring (bicyclic) bond motifs is 6. The molecular weight excluding hydrogens is 870 g/mol. The fourth-order valence-corrected chi connectivity index (χ4v) is 8.62. The van der Waals surface area contributed by atoms with E-state index >= 15 is 0 Å². The summed E-state index contributed by atoms with van der Waals surface area (Å²) in [5, 5.41) is 31.0. The summed E-state index contributed by atoms with van der Waals surface area (Å²) in [6, 6.07) is 46.7. The van der Waals surface area contributed by atoms with Gasteiger partial charge in [-0.3, -0.25) is 28.7 Å². The number of halogens is 2. The van der Waals surface area contributed by atoms with Gasteiger partial charge in [0.2, 0.25) is 5.91 Å². The number of carboxylic acids is 1. The monoisotopic (exact) mass is 911 g/mol. The summed E-state index contributed by atoms with van der Waals surface area (Å²) in [6.07, 6.45) is -0.00263. The van der Waals surface area contributed by atoms with E-state index in [0.29, 0.717) is 39.8 Å². The number of nitrogens with one attached hydrogen (secondary N) is 1. The van der Waals surface area contributed by atoms with Gasteiger partial charge in [-0.25, -0.2) is 0 Å². The second-order valence-electron chi connectivity index (χ2n) is 15.8. The molecule has 0 spiro atoms. The molecule has 0 saturated heterocycles. The first-order valence-electron chi connectivity index (χ1n) is 21.5. The molecule has 1 amide bonds. The molecule has 10 rings (SSSR count). The highest BCUT2D eigenvalue weighted by Crippen LogP contribution is 2.37. The van der Waals surface area contributed by atoms with E-state index in [0.717, 1.165) is 67.4 Å². The number of aliphatic imine (C=N–C) groups is 2. The molecule has 2 N–H and O–H groups in total. The topological polar surface area (TPSA) is 153 Å². The van der Waals surface area contributed by atoms with Gasteiger partial charge in [0.15, 0.2) is 11.6 Å². The molecule has 0 bridgehead atoms. The van der Waals surface area contributed by atoms with Crippen LogP contribution in [-0.4, -0.2) is 64.5 Å². The molecule has 0 aliphatic carbocycles. The van der Waals surface area contributed by atoms with Crippen molar-refractivity contribution in [1.82, 2.24) is 34.8 Å². The van der Waals surface area contributed by atoms with Gasteiger partial charge >= 0.3 is 5.97 Å². The molecule has 66 heavy (non-hydrogen) atoms. The van der Waals surface area contributed by atoms with E-state index in [1.807, 2.05) is 127 Å². The normalized spacial score (nSPS) is 14.7. The Bertz CT molecular complexity index is 3150. The number of benzene rings is 6. The van der Waals surface area contributed by atoms with Gasteiger partial charge in [-0.2, -0.15) is 0 Å². The Kier molecular flexibility index (Phi) is 12.5. The number of aryl methyl sites for hydroxylation is 2. The predicted octanol–water partition coefficient (Wildman–Crippen LogP) is 10.6. The Labute approximate surface area is 391 Å². The van der Waals surface area contributed by atoms with Gasteiger partial charge in [-0.1, -0.05) is 120 Å². The van der Waals surface area contributed by atoms with Crippen LogP contribution in [0, 0.1) is 13.8 Å². The number of hydrogen-bond donors (Lipinski definition) is 2. The highest BCUT2D eigenvalue weighted by atomic mass is 35.5. The zero-order chi connectivity index (χ0) is 45.9. The lowest BCUT2D eigenvalue weighted by Gasteiger charge is -2.14. The number of carboxylic acid groups (broad SMARTS) is 1. The number of nitrogens with zero attached hydrogens (tertiary/aromatic N) is 8. The Balaban J connectivity index is 0.000000166. The van der Waals surface area contributed by atoms with Crippen LogP contribution in [0.2, 0.25) is 10.0 Å². The minimum atomic E-state index is -0.947. The van der Waals surface area contributed by atoms with Crippen molar-refractivity contribution >= 4 is 46.5 Å². The largest absolute Gasteiger partial charge is 0.481 e. The highest BCUT2D eigenvalue weighted by molar-refractivity contribution is 6.31. The predicted molar refractivity (Wildman–Crippen MR) is 258 cm³/mol. The molecule has 0 radical (unpaired) electrons. The summed E-state index contributed by atoms with van der Waals surface area (Å²) < 4.78 is 3.92. The summed E-state index contributed by atoms with van der Waals surface area (Å²) in [5.41, 5.74) is 11.2. The van der Waals surface area contributed by atoms with E-state index in [1.165, 1.54) is 0 Å². The average Bonchev–Trinajstić information content (AvgIpc) is 3.83. The number of aliphatic carboxylic acids is 1. The first-order valence-corrected chi connectivity index (χ1v) is 22.2. The minimum Gasteiger partial charge on any atom is -0.481 e. The summed E-state index contributed by atoms with van der Waals surface area (Å²) in [7, 11) is 0. The van der Waals surface area contributed by atoms with Crippen LogP contribution in [0.1, 0.15) is 77.4 Å². The van der Waals surface area contributed by atoms with Crippen LogP contribution in [0.15, 0.2) is 156 Å². The molecule has 2 aliphatic rings. The van der Waals surface area contributed by atoms with Crippen molar-refractivity contribution in [3.05, 3.63) is 201 Å². The second-order valence-corrected chi connectivity index (χ2v) is 16.7. The van der Waals surface area contributed by atoms with E-state index in [1.54, 1.807) is 0 Å². The summed E-state index contributed by atoms with van der Waals surface area (Å²) >= 11 is 12.3. The van der Waals surface area contributed by atoms with Crippen LogP contribution in [0.3, 0.4) is 0 Å². The van der Waals surface area contributed by atoms with Gasteiger partial charge in [-0.15, -0.1) is 20.4 Å². The molecule has 8 aromatic rings. The minimum absolute atomic E-state index is 0.0742. The van der Waals surface area contributed by atoms with E-state index in [2.05, 4.69) is 74.2 Å². The van der Waals surface area contributed by atoms with Crippen molar-refractivity contribution in [2.75, 3.05) is 6.54 Å². The van der Waals surface area contributed by atoms with Crippen LogP contribution in [0.4, 0.5) is 0 Å². The van der Waals surface area contributed by atoms with Gasteiger partial charge < -0.3 is 10.4 Å². The first-order chi connectivity index (χ1) is 32.1. The molecule has 12 nitrogen and oxygen atoms in total. The second kappa shape index (κ2) is 18.9. The summed E-state index contributed by atoms with van der Waals surface area (Å²) in [4.78, 5) is 34.3. The number of carbonyl (C=O) groups excluding carboxylic acids is 1. The van der Waals surface area contributed by atoms with Gasteiger partial charge in [0, 0.05) is 38.8 Å². The lowest BCUT2D eigenvalue weighted by Crippen LogP contribution is -2.25.